The van der Waals surface area contributed by atoms with E-state index in [4.69, 9.17) is 10.7 Å². The van der Waals surface area contributed by atoms with Crippen LogP contribution in [-0.2, 0) is 19.3 Å². The van der Waals surface area contributed by atoms with Crippen molar-refractivity contribution in [1.29, 1.82) is 0 Å². The molecule has 0 spiro atoms. The van der Waals surface area contributed by atoms with Crippen LogP contribution in [0.15, 0.2) is 18.5 Å². The average molecular weight is 316 g/mol. The fourth-order valence-electron chi connectivity index (χ4n) is 2.72. The highest BCUT2D eigenvalue weighted by atomic mass is 32.1. The molecule has 2 heterocycles. The van der Waals surface area contributed by atoms with Gasteiger partial charge in [-0.1, -0.05) is 0 Å². The van der Waals surface area contributed by atoms with Gasteiger partial charge in [0.15, 0.2) is 0 Å². The normalized spacial score (nSPS) is 13.6. The van der Waals surface area contributed by atoms with E-state index in [1.807, 2.05) is 11.3 Å². The average Bonchev–Trinajstić information content (AvgIpc) is 2.94. The molecule has 2 aromatic heterocycles. The Bertz CT molecular complexity index is 644. The lowest BCUT2D eigenvalue weighted by molar-refractivity contribution is 0.100. The number of nitrogens with two attached hydrogens (primary N) is 1. The van der Waals surface area contributed by atoms with Crippen LogP contribution in [0.4, 0.5) is 5.69 Å². The first-order valence-electron chi connectivity index (χ1n) is 7.69. The van der Waals surface area contributed by atoms with Crippen molar-refractivity contribution >= 4 is 22.9 Å². The van der Waals surface area contributed by atoms with Gasteiger partial charge in [0.2, 0.25) is 0 Å². The monoisotopic (exact) mass is 316 g/mol. The lowest BCUT2D eigenvalue weighted by Crippen LogP contribution is -2.15. The van der Waals surface area contributed by atoms with Gasteiger partial charge in [-0.2, -0.15) is 0 Å². The Kier molecular flexibility index (Phi) is 4.68. The molecule has 0 atom stereocenters. The zero-order chi connectivity index (χ0) is 15.4. The van der Waals surface area contributed by atoms with E-state index in [-0.39, 0.29) is 0 Å². The minimum atomic E-state index is -0.455. The summed E-state index contributed by atoms with van der Waals surface area (Å²) in [5.74, 6) is -0.455. The molecule has 0 fully saturated rings. The van der Waals surface area contributed by atoms with Crippen molar-refractivity contribution in [3.8, 4) is 0 Å². The van der Waals surface area contributed by atoms with E-state index < -0.39 is 5.91 Å². The molecule has 0 aromatic carbocycles. The largest absolute Gasteiger partial charge is 0.384 e. The van der Waals surface area contributed by atoms with Crippen molar-refractivity contribution in [3.05, 3.63) is 39.6 Å². The molecule has 0 radical (unpaired) electrons. The molecule has 2 aromatic rings. The summed E-state index contributed by atoms with van der Waals surface area (Å²) in [7, 11) is 0. The van der Waals surface area contributed by atoms with Crippen LogP contribution in [0.2, 0.25) is 0 Å². The summed E-state index contributed by atoms with van der Waals surface area (Å²) in [6.07, 6.45) is 10.0. The van der Waals surface area contributed by atoms with Gasteiger partial charge in [-0.05, 0) is 38.2 Å². The van der Waals surface area contributed by atoms with Crippen molar-refractivity contribution in [1.82, 2.24) is 9.97 Å². The third kappa shape index (κ3) is 3.44. The number of nitrogens with zero attached hydrogens (tertiary/aromatic N) is 2. The Labute approximate surface area is 134 Å². The summed E-state index contributed by atoms with van der Waals surface area (Å²) >= 11 is 1.87. The second-order valence-corrected chi connectivity index (χ2v) is 6.67. The zero-order valence-electron chi connectivity index (χ0n) is 12.5. The summed E-state index contributed by atoms with van der Waals surface area (Å²) in [6, 6.07) is 1.78. The van der Waals surface area contributed by atoms with Gasteiger partial charge in [0, 0.05) is 30.2 Å². The molecule has 0 saturated heterocycles. The molecule has 3 N–H and O–H groups in total. The Morgan fingerprint density at radius 3 is 3.05 bits per heavy atom. The summed E-state index contributed by atoms with van der Waals surface area (Å²) in [5.41, 5.74) is 7.85. The fourth-order valence-corrected chi connectivity index (χ4v) is 3.92. The molecule has 6 heteroatoms. The number of amides is 1. The van der Waals surface area contributed by atoms with Crippen molar-refractivity contribution in [2.24, 2.45) is 5.73 Å². The van der Waals surface area contributed by atoms with Crippen LogP contribution in [0.25, 0.3) is 0 Å². The number of hydrogen-bond donors (Lipinski definition) is 2. The number of rotatable bonds is 6. The van der Waals surface area contributed by atoms with Gasteiger partial charge in [0.25, 0.3) is 5.91 Å². The molecule has 22 heavy (non-hydrogen) atoms. The Morgan fingerprint density at radius 1 is 1.36 bits per heavy atom. The number of hydrogen-bond acceptors (Lipinski definition) is 5. The number of nitrogens with one attached hydrogen (secondary N) is 1. The van der Waals surface area contributed by atoms with E-state index in [0.29, 0.717) is 5.56 Å². The van der Waals surface area contributed by atoms with Crippen molar-refractivity contribution in [2.75, 3.05) is 11.9 Å². The van der Waals surface area contributed by atoms with Gasteiger partial charge < -0.3 is 11.1 Å². The number of pyridine rings is 1. The molecular formula is C16H20N4OS. The van der Waals surface area contributed by atoms with Crippen LogP contribution in [0.1, 0.15) is 45.2 Å². The molecular weight excluding hydrogens is 296 g/mol. The third-order valence-corrected chi connectivity index (χ3v) is 5.08. The minimum absolute atomic E-state index is 0.437. The van der Waals surface area contributed by atoms with Gasteiger partial charge in [0.1, 0.15) is 0 Å². The second-order valence-electron chi connectivity index (χ2n) is 5.50. The first kappa shape index (κ1) is 15.0. The molecule has 5 nitrogen and oxygen atoms in total. The molecule has 1 aliphatic rings. The summed E-state index contributed by atoms with van der Waals surface area (Å²) in [5, 5.41) is 4.50. The van der Waals surface area contributed by atoms with E-state index in [1.165, 1.54) is 41.0 Å². The summed E-state index contributed by atoms with van der Waals surface area (Å²) < 4.78 is 0. The number of aromatic nitrogens is 2. The lowest BCUT2D eigenvalue weighted by Gasteiger charge is -2.08. The van der Waals surface area contributed by atoms with Crippen LogP contribution < -0.4 is 11.1 Å². The van der Waals surface area contributed by atoms with Crippen molar-refractivity contribution in [2.45, 2.75) is 38.5 Å². The predicted molar refractivity (Wildman–Crippen MR) is 88.3 cm³/mol. The highest BCUT2D eigenvalue weighted by molar-refractivity contribution is 7.11. The minimum Gasteiger partial charge on any atom is -0.384 e. The smallest absolute Gasteiger partial charge is 0.252 e. The topological polar surface area (TPSA) is 80.9 Å². The number of primary amides is 1. The quantitative estimate of drug-likeness (QED) is 0.803. The third-order valence-electron chi connectivity index (χ3n) is 3.86. The fraction of sp³-hybridized carbons (Fsp3) is 0.438. The maximum Gasteiger partial charge on any atom is 0.252 e. The summed E-state index contributed by atoms with van der Waals surface area (Å²) in [6.45, 7) is 0.786. The van der Waals surface area contributed by atoms with E-state index in [2.05, 4.69) is 10.3 Å². The number of carbonyl (C=O) groups is 1. The SMILES string of the molecule is NC(=O)c1cnccc1NCCCc1nc2c(s1)CCCC2. The maximum atomic E-state index is 11.3. The molecule has 0 aliphatic heterocycles. The predicted octanol–water partition coefficient (Wildman–Crippen LogP) is 2.56. The number of aryl methyl sites for hydroxylation is 3. The van der Waals surface area contributed by atoms with Gasteiger partial charge in [-0.3, -0.25) is 9.78 Å². The van der Waals surface area contributed by atoms with E-state index in [9.17, 15) is 4.79 Å². The molecule has 0 bridgehead atoms. The molecule has 116 valence electrons. The standard InChI is InChI=1S/C16H20N4OS/c17-16(21)11-10-18-9-7-12(11)19-8-3-6-15-20-13-4-1-2-5-14(13)22-15/h7,9-10H,1-6,8H2,(H2,17,21)(H,18,19). The first-order valence-corrected chi connectivity index (χ1v) is 8.51. The van der Waals surface area contributed by atoms with E-state index in [0.717, 1.165) is 31.5 Å². The number of anilines is 1. The van der Waals surface area contributed by atoms with Gasteiger partial charge >= 0.3 is 0 Å². The van der Waals surface area contributed by atoms with Gasteiger partial charge in [-0.25, -0.2) is 4.98 Å². The van der Waals surface area contributed by atoms with Crippen LogP contribution >= 0.6 is 11.3 Å². The van der Waals surface area contributed by atoms with Crippen LogP contribution in [0.5, 0.6) is 0 Å². The van der Waals surface area contributed by atoms with Crippen molar-refractivity contribution in [3.63, 3.8) is 0 Å². The zero-order valence-corrected chi connectivity index (χ0v) is 13.3. The molecule has 1 aliphatic carbocycles. The maximum absolute atomic E-state index is 11.3. The van der Waals surface area contributed by atoms with E-state index >= 15 is 0 Å². The molecule has 0 unspecified atom stereocenters. The highest BCUT2D eigenvalue weighted by Gasteiger charge is 2.14. The Balaban J connectivity index is 1.52. The van der Waals surface area contributed by atoms with Gasteiger partial charge in [-0.15, -0.1) is 11.3 Å². The first-order chi connectivity index (χ1) is 10.7. The second kappa shape index (κ2) is 6.87. The number of carbonyl (C=O) groups excluding carboxylic acids is 1. The Hall–Kier alpha value is -1.95. The molecule has 1 amide bonds. The number of fused-ring (bicyclic) bond motifs is 1. The lowest BCUT2D eigenvalue weighted by atomic mass is 10.0. The Morgan fingerprint density at radius 2 is 2.23 bits per heavy atom. The van der Waals surface area contributed by atoms with Crippen LogP contribution in [-0.4, -0.2) is 22.4 Å². The highest BCUT2D eigenvalue weighted by Crippen LogP contribution is 2.27. The molecule has 3 rings (SSSR count). The van der Waals surface area contributed by atoms with Crippen molar-refractivity contribution < 1.29 is 4.79 Å². The van der Waals surface area contributed by atoms with Crippen LogP contribution in [0, 0.1) is 0 Å². The van der Waals surface area contributed by atoms with Gasteiger partial charge in [0.05, 0.1) is 22.0 Å². The number of thiazole rings is 1. The van der Waals surface area contributed by atoms with Crippen LogP contribution in [0.3, 0.4) is 0 Å². The van der Waals surface area contributed by atoms with E-state index in [1.54, 1.807) is 12.3 Å². The molecule has 0 saturated carbocycles. The summed E-state index contributed by atoms with van der Waals surface area (Å²) in [4.78, 5) is 21.5.